The molecule has 0 nitrogen and oxygen atoms in total. The average molecular weight is 202 g/mol. The van der Waals surface area contributed by atoms with Crippen molar-refractivity contribution >= 4 is 9.24 Å². The lowest BCUT2D eigenvalue weighted by molar-refractivity contribution is 0.0853. The smallest absolute Gasteiger partial charge is 0.0277 e. The van der Waals surface area contributed by atoms with Gasteiger partial charge in [-0.15, -0.1) is 9.24 Å². The molecule has 0 spiro atoms. The van der Waals surface area contributed by atoms with E-state index in [1.54, 1.807) is 0 Å². The topological polar surface area (TPSA) is 0 Å². The van der Waals surface area contributed by atoms with Crippen molar-refractivity contribution in [2.75, 3.05) is 6.16 Å². The molecule has 1 unspecified atom stereocenters. The summed E-state index contributed by atoms with van der Waals surface area (Å²) >= 11 is 0. The summed E-state index contributed by atoms with van der Waals surface area (Å²) in [6, 6.07) is 0. The fourth-order valence-electron chi connectivity index (χ4n) is 2.19. The standard InChI is InChI=1S/C12H27P/c1-7-11(3,4)10(9-13)12(5,6)8-2/h10H,7-9,13H2,1-6H3. The Balaban J connectivity index is 4.69. The van der Waals surface area contributed by atoms with Gasteiger partial charge < -0.3 is 0 Å². The predicted octanol–water partition coefficient (Wildman–Crippen LogP) is 4.35. The highest BCUT2D eigenvalue weighted by Crippen LogP contribution is 2.45. The summed E-state index contributed by atoms with van der Waals surface area (Å²) in [5.74, 6) is 0.806. The predicted molar refractivity (Wildman–Crippen MR) is 66.2 cm³/mol. The Morgan fingerprint density at radius 2 is 1.23 bits per heavy atom. The molecule has 1 heteroatoms. The van der Waals surface area contributed by atoms with Crippen LogP contribution < -0.4 is 0 Å². The van der Waals surface area contributed by atoms with E-state index < -0.39 is 0 Å². The van der Waals surface area contributed by atoms with Gasteiger partial charge in [0.2, 0.25) is 0 Å². The average Bonchev–Trinajstić information content (AvgIpc) is 2.05. The molecular formula is C12H27P. The van der Waals surface area contributed by atoms with Crippen LogP contribution in [-0.4, -0.2) is 6.16 Å². The first kappa shape index (κ1) is 13.4. The maximum Gasteiger partial charge on any atom is -0.0277 e. The molecule has 0 rings (SSSR count). The van der Waals surface area contributed by atoms with Crippen LogP contribution >= 0.6 is 9.24 Å². The molecule has 0 aliphatic heterocycles. The van der Waals surface area contributed by atoms with Gasteiger partial charge in [0, 0.05) is 0 Å². The van der Waals surface area contributed by atoms with E-state index in [1.807, 2.05) is 0 Å². The van der Waals surface area contributed by atoms with E-state index in [0.29, 0.717) is 10.8 Å². The quantitative estimate of drug-likeness (QED) is 0.581. The maximum absolute atomic E-state index is 2.93. The first-order chi connectivity index (χ1) is 5.81. The SMILES string of the molecule is CCC(C)(C)C(CP)C(C)(C)CC. The minimum Gasteiger partial charge on any atom is -0.137 e. The summed E-state index contributed by atoms with van der Waals surface area (Å²) in [6.07, 6.45) is 3.77. The fraction of sp³-hybridized carbons (Fsp3) is 1.00. The molecule has 0 N–H and O–H groups in total. The van der Waals surface area contributed by atoms with E-state index in [4.69, 9.17) is 0 Å². The van der Waals surface area contributed by atoms with Gasteiger partial charge in [0.05, 0.1) is 0 Å². The van der Waals surface area contributed by atoms with Crippen LogP contribution in [0.1, 0.15) is 54.4 Å². The lowest BCUT2D eigenvalue weighted by atomic mass is 9.63. The van der Waals surface area contributed by atoms with Gasteiger partial charge >= 0.3 is 0 Å². The molecule has 0 aromatic heterocycles. The molecule has 0 radical (unpaired) electrons. The van der Waals surface area contributed by atoms with Gasteiger partial charge in [-0.3, -0.25) is 0 Å². The Kier molecular flexibility index (Phi) is 4.94. The van der Waals surface area contributed by atoms with Crippen molar-refractivity contribution in [1.29, 1.82) is 0 Å². The second-order valence-electron chi connectivity index (χ2n) is 5.47. The first-order valence-electron chi connectivity index (χ1n) is 5.52. The zero-order valence-corrected chi connectivity index (χ0v) is 11.4. The van der Waals surface area contributed by atoms with Gasteiger partial charge in [-0.1, -0.05) is 54.4 Å². The summed E-state index contributed by atoms with van der Waals surface area (Å²) < 4.78 is 0. The van der Waals surface area contributed by atoms with Crippen LogP contribution in [0.2, 0.25) is 0 Å². The number of rotatable bonds is 5. The summed E-state index contributed by atoms with van der Waals surface area (Å²) in [4.78, 5) is 0. The van der Waals surface area contributed by atoms with Gasteiger partial charge in [0.15, 0.2) is 0 Å². The molecule has 0 bridgehead atoms. The Hall–Kier alpha value is 0.430. The van der Waals surface area contributed by atoms with Crippen LogP contribution in [0.5, 0.6) is 0 Å². The van der Waals surface area contributed by atoms with Gasteiger partial charge in [0.25, 0.3) is 0 Å². The Bertz CT molecular complexity index is 131. The summed E-state index contributed by atoms with van der Waals surface area (Å²) in [5.41, 5.74) is 0.947. The highest BCUT2D eigenvalue weighted by molar-refractivity contribution is 7.16. The molecule has 0 fully saturated rings. The largest absolute Gasteiger partial charge is 0.137 e. The molecule has 80 valence electrons. The minimum absolute atomic E-state index is 0.473. The monoisotopic (exact) mass is 202 g/mol. The molecule has 0 saturated heterocycles. The third kappa shape index (κ3) is 3.24. The van der Waals surface area contributed by atoms with E-state index in [2.05, 4.69) is 50.8 Å². The zero-order chi connectivity index (χ0) is 10.7. The second-order valence-corrected chi connectivity index (χ2v) is 5.94. The third-order valence-electron chi connectivity index (χ3n) is 3.94. The highest BCUT2D eigenvalue weighted by atomic mass is 31.0. The Morgan fingerprint density at radius 3 is 1.38 bits per heavy atom. The van der Waals surface area contributed by atoms with Gasteiger partial charge in [-0.25, -0.2) is 0 Å². The van der Waals surface area contributed by atoms with Crippen LogP contribution in [0.25, 0.3) is 0 Å². The third-order valence-corrected chi connectivity index (χ3v) is 4.42. The van der Waals surface area contributed by atoms with E-state index >= 15 is 0 Å². The van der Waals surface area contributed by atoms with Crippen molar-refractivity contribution in [3.05, 3.63) is 0 Å². The molecule has 1 atom stereocenters. The van der Waals surface area contributed by atoms with E-state index in [-0.39, 0.29) is 0 Å². The lowest BCUT2D eigenvalue weighted by Gasteiger charge is -2.43. The van der Waals surface area contributed by atoms with Crippen LogP contribution in [-0.2, 0) is 0 Å². The summed E-state index contributed by atoms with van der Waals surface area (Å²) in [6.45, 7) is 14.2. The number of hydrogen-bond acceptors (Lipinski definition) is 0. The number of hydrogen-bond donors (Lipinski definition) is 0. The van der Waals surface area contributed by atoms with E-state index in [0.717, 1.165) is 5.92 Å². The van der Waals surface area contributed by atoms with Gasteiger partial charge in [-0.05, 0) is 22.9 Å². The molecule has 0 saturated carbocycles. The van der Waals surface area contributed by atoms with E-state index in [1.165, 1.54) is 19.0 Å². The van der Waals surface area contributed by atoms with Crippen LogP contribution in [0.4, 0.5) is 0 Å². The molecule has 0 amide bonds. The Morgan fingerprint density at radius 1 is 0.923 bits per heavy atom. The molecule has 0 aliphatic rings. The van der Waals surface area contributed by atoms with Crippen molar-refractivity contribution in [2.24, 2.45) is 16.7 Å². The summed E-state index contributed by atoms with van der Waals surface area (Å²) in [5, 5.41) is 0. The van der Waals surface area contributed by atoms with Crippen molar-refractivity contribution in [3.63, 3.8) is 0 Å². The molecule has 0 aliphatic carbocycles. The van der Waals surface area contributed by atoms with Gasteiger partial charge in [-0.2, -0.15) is 0 Å². The fourth-order valence-corrected chi connectivity index (χ4v) is 3.46. The van der Waals surface area contributed by atoms with Crippen molar-refractivity contribution in [2.45, 2.75) is 54.4 Å². The van der Waals surface area contributed by atoms with Crippen molar-refractivity contribution in [1.82, 2.24) is 0 Å². The maximum atomic E-state index is 2.93. The molecule has 0 aromatic rings. The highest BCUT2D eigenvalue weighted by Gasteiger charge is 2.36. The lowest BCUT2D eigenvalue weighted by Crippen LogP contribution is -2.36. The van der Waals surface area contributed by atoms with Gasteiger partial charge in [0.1, 0.15) is 0 Å². The Labute approximate surface area is 87.1 Å². The molecular weight excluding hydrogens is 175 g/mol. The van der Waals surface area contributed by atoms with E-state index in [9.17, 15) is 0 Å². The van der Waals surface area contributed by atoms with Crippen molar-refractivity contribution < 1.29 is 0 Å². The van der Waals surface area contributed by atoms with Crippen LogP contribution in [0.15, 0.2) is 0 Å². The molecule has 13 heavy (non-hydrogen) atoms. The van der Waals surface area contributed by atoms with Crippen LogP contribution in [0.3, 0.4) is 0 Å². The van der Waals surface area contributed by atoms with Crippen LogP contribution in [0, 0.1) is 16.7 Å². The first-order valence-corrected chi connectivity index (χ1v) is 6.33. The molecule has 0 aromatic carbocycles. The van der Waals surface area contributed by atoms with Crippen molar-refractivity contribution in [3.8, 4) is 0 Å². The molecule has 0 heterocycles. The second kappa shape index (κ2) is 4.78. The zero-order valence-electron chi connectivity index (χ0n) is 10.3. The normalized spacial score (nSPS) is 13.8. The summed E-state index contributed by atoms with van der Waals surface area (Å²) in [7, 11) is 2.93. The minimum atomic E-state index is 0.473.